The highest BCUT2D eigenvalue weighted by molar-refractivity contribution is 5.78. The Morgan fingerprint density at radius 2 is 2.06 bits per heavy atom. The van der Waals surface area contributed by atoms with Crippen LogP contribution in [0, 0.1) is 12.8 Å². The number of fused-ring (bicyclic) bond motifs is 1. The van der Waals surface area contributed by atoms with Gasteiger partial charge in [0.25, 0.3) is 0 Å². The second-order valence-corrected chi connectivity index (χ2v) is 8.84. The van der Waals surface area contributed by atoms with Crippen molar-refractivity contribution in [3.63, 3.8) is 0 Å². The molecule has 2 aromatic heterocycles. The molecule has 0 aromatic carbocycles. The first-order chi connectivity index (χ1) is 15.1. The highest BCUT2D eigenvalue weighted by Crippen LogP contribution is 2.22. The first-order valence-electron chi connectivity index (χ1n) is 11.6. The molecule has 0 unspecified atom stereocenters. The van der Waals surface area contributed by atoms with E-state index in [9.17, 15) is 4.79 Å². The predicted molar refractivity (Wildman–Crippen MR) is 117 cm³/mol. The second kappa shape index (κ2) is 10.4. The minimum atomic E-state index is 0.0882. The average molecular weight is 430 g/mol. The average Bonchev–Trinajstić information content (AvgIpc) is 3.33. The van der Waals surface area contributed by atoms with Crippen LogP contribution in [0.5, 0.6) is 0 Å². The number of aryl methyl sites for hydroxylation is 1. The summed E-state index contributed by atoms with van der Waals surface area (Å²) >= 11 is 0. The molecule has 2 aliphatic rings. The van der Waals surface area contributed by atoms with Gasteiger partial charge in [0.05, 0.1) is 0 Å². The predicted octanol–water partition coefficient (Wildman–Crippen LogP) is 2.32. The number of carbonyl (C=O) groups excluding carboxylic acids is 1. The third-order valence-corrected chi connectivity index (χ3v) is 6.56. The van der Waals surface area contributed by atoms with Gasteiger partial charge in [0.1, 0.15) is 23.2 Å². The van der Waals surface area contributed by atoms with Crippen LogP contribution in [-0.4, -0.2) is 65.0 Å². The van der Waals surface area contributed by atoms with Gasteiger partial charge in [0.15, 0.2) is 0 Å². The van der Waals surface area contributed by atoms with Crippen molar-refractivity contribution in [2.45, 2.75) is 58.4 Å². The fourth-order valence-electron chi connectivity index (χ4n) is 4.47. The molecule has 0 saturated carbocycles. The zero-order chi connectivity index (χ0) is 21.6. The van der Waals surface area contributed by atoms with E-state index < -0.39 is 0 Å². The molecule has 8 nitrogen and oxygen atoms in total. The van der Waals surface area contributed by atoms with Gasteiger partial charge in [-0.15, -0.1) is 10.2 Å². The van der Waals surface area contributed by atoms with Gasteiger partial charge < -0.3 is 23.9 Å². The number of ether oxygens (including phenoxy) is 1. The SMILES string of the molecule is Cc1ccc([C@@H](C)CCN2CCc3nnc(CCNC(=O)C4CCOCC4)n3CC2)o1. The van der Waals surface area contributed by atoms with Crippen LogP contribution in [0.3, 0.4) is 0 Å². The molecule has 1 atom stereocenters. The Bertz CT molecular complexity index is 855. The van der Waals surface area contributed by atoms with E-state index in [2.05, 4.69) is 38.0 Å². The van der Waals surface area contributed by atoms with Crippen molar-refractivity contribution in [2.75, 3.05) is 39.4 Å². The Morgan fingerprint density at radius 1 is 1.23 bits per heavy atom. The lowest BCUT2D eigenvalue weighted by molar-refractivity contribution is -0.127. The fourth-order valence-corrected chi connectivity index (χ4v) is 4.47. The van der Waals surface area contributed by atoms with Crippen molar-refractivity contribution in [3.05, 3.63) is 35.3 Å². The van der Waals surface area contributed by atoms with Crippen LogP contribution < -0.4 is 5.32 Å². The van der Waals surface area contributed by atoms with Gasteiger partial charge in [-0.1, -0.05) is 6.92 Å². The van der Waals surface area contributed by atoms with Gasteiger partial charge in [0.2, 0.25) is 5.91 Å². The molecule has 1 saturated heterocycles. The molecule has 0 aliphatic carbocycles. The maximum Gasteiger partial charge on any atom is 0.223 e. The van der Waals surface area contributed by atoms with Crippen LogP contribution >= 0.6 is 0 Å². The number of nitrogens with one attached hydrogen (secondary N) is 1. The number of hydrogen-bond acceptors (Lipinski definition) is 6. The van der Waals surface area contributed by atoms with Crippen LogP contribution in [-0.2, 0) is 28.9 Å². The maximum atomic E-state index is 12.3. The number of aromatic nitrogens is 3. The van der Waals surface area contributed by atoms with E-state index in [0.717, 1.165) is 81.5 Å². The summed E-state index contributed by atoms with van der Waals surface area (Å²) in [5, 5.41) is 11.9. The van der Waals surface area contributed by atoms with Gasteiger partial charge in [-0.05, 0) is 44.9 Å². The van der Waals surface area contributed by atoms with Crippen molar-refractivity contribution >= 4 is 5.91 Å². The summed E-state index contributed by atoms with van der Waals surface area (Å²) in [4.78, 5) is 14.8. The smallest absolute Gasteiger partial charge is 0.223 e. The van der Waals surface area contributed by atoms with E-state index in [1.165, 1.54) is 0 Å². The molecule has 0 bridgehead atoms. The molecule has 8 heteroatoms. The van der Waals surface area contributed by atoms with Crippen molar-refractivity contribution in [1.82, 2.24) is 25.0 Å². The van der Waals surface area contributed by atoms with Gasteiger partial charge in [-0.2, -0.15) is 0 Å². The molecule has 170 valence electrons. The Morgan fingerprint density at radius 3 is 2.84 bits per heavy atom. The Kier molecular flexibility index (Phi) is 7.40. The molecule has 1 fully saturated rings. The van der Waals surface area contributed by atoms with Crippen LogP contribution in [0.4, 0.5) is 0 Å². The topological polar surface area (TPSA) is 85.4 Å². The Balaban J connectivity index is 1.23. The molecule has 4 rings (SSSR count). The van der Waals surface area contributed by atoms with Gasteiger partial charge >= 0.3 is 0 Å². The lowest BCUT2D eigenvalue weighted by Crippen LogP contribution is -2.35. The summed E-state index contributed by atoms with van der Waals surface area (Å²) in [5.41, 5.74) is 0. The standard InChI is InChI=1S/C23H35N5O3/c1-17(20-4-3-18(2)31-20)6-11-27-12-7-22-26-25-21(28(22)14-13-27)5-10-24-23(29)19-8-15-30-16-9-19/h3-4,17,19H,5-16H2,1-2H3,(H,24,29)/t17-/m0/s1. The minimum absolute atomic E-state index is 0.0882. The van der Waals surface area contributed by atoms with Crippen molar-refractivity contribution in [1.29, 1.82) is 0 Å². The maximum absolute atomic E-state index is 12.3. The summed E-state index contributed by atoms with van der Waals surface area (Å²) in [6.45, 7) is 10.2. The molecule has 31 heavy (non-hydrogen) atoms. The monoisotopic (exact) mass is 429 g/mol. The summed E-state index contributed by atoms with van der Waals surface area (Å²) in [6, 6.07) is 4.13. The molecular formula is C23H35N5O3. The lowest BCUT2D eigenvalue weighted by Gasteiger charge is -2.21. The van der Waals surface area contributed by atoms with Crippen LogP contribution in [0.25, 0.3) is 0 Å². The largest absolute Gasteiger partial charge is 0.466 e. The first kappa shape index (κ1) is 22.0. The number of hydrogen-bond donors (Lipinski definition) is 1. The lowest BCUT2D eigenvalue weighted by atomic mass is 9.99. The summed E-state index contributed by atoms with van der Waals surface area (Å²) in [5.74, 6) is 4.74. The van der Waals surface area contributed by atoms with Crippen LogP contribution in [0.2, 0.25) is 0 Å². The fraction of sp³-hybridized carbons (Fsp3) is 0.696. The second-order valence-electron chi connectivity index (χ2n) is 8.84. The number of amides is 1. The van der Waals surface area contributed by atoms with E-state index in [1.807, 2.05) is 13.0 Å². The van der Waals surface area contributed by atoms with E-state index in [4.69, 9.17) is 9.15 Å². The highest BCUT2D eigenvalue weighted by atomic mass is 16.5. The van der Waals surface area contributed by atoms with Crippen molar-refractivity contribution in [3.8, 4) is 0 Å². The van der Waals surface area contributed by atoms with Crippen LogP contribution in [0.1, 0.15) is 55.3 Å². The third-order valence-electron chi connectivity index (χ3n) is 6.56. The van der Waals surface area contributed by atoms with E-state index in [0.29, 0.717) is 25.7 Å². The van der Waals surface area contributed by atoms with Gasteiger partial charge in [-0.25, -0.2) is 0 Å². The summed E-state index contributed by atoms with van der Waals surface area (Å²) < 4.78 is 13.4. The number of nitrogens with zero attached hydrogens (tertiary/aromatic N) is 4. The highest BCUT2D eigenvalue weighted by Gasteiger charge is 2.22. The Labute approximate surface area is 184 Å². The Hall–Kier alpha value is -2.19. The number of furan rings is 1. The molecule has 4 heterocycles. The zero-order valence-electron chi connectivity index (χ0n) is 18.8. The summed E-state index contributed by atoms with van der Waals surface area (Å²) in [6.07, 6.45) is 4.35. The van der Waals surface area contributed by atoms with Gasteiger partial charge in [0, 0.05) is 64.1 Å². The van der Waals surface area contributed by atoms with E-state index >= 15 is 0 Å². The van der Waals surface area contributed by atoms with Gasteiger partial charge in [-0.3, -0.25) is 4.79 Å². The van der Waals surface area contributed by atoms with Crippen LogP contribution in [0.15, 0.2) is 16.5 Å². The normalized spacial score (nSPS) is 19.0. The molecule has 2 aromatic rings. The molecule has 0 radical (unpaired) electrons. The quantitative estimate of drug-likeness (QED) is 0.693. The first-order valence-corrected chi connectivity index (χ1v) is 11.6. The summed E-state index contributed by atoms with van der Waals surface area (Å²) in [7, 11) is 0. The number of rotatable bonds is 8. The molecule has 1 amide bonds. The van der Waals surface area contributed by atoms with Crippen molar-refractivity contribution in [2.24, 2.45) is 5.92 Å². The zero-order valence-corrected chi connectivity index (χ0v) is 18.8. The molecule has 2 aliphatic heterocycles. The minimum Gasteiger partial charge on any atom is -0.466 e. The van der Waals surface area contributed by atoms with E-state index in [-0.39, 0.29) is 11.8 Å². The third kappa shape index (κ3) is 5.74. The van der Waals surface area contributed by atoms with E-state index in [1.54, 1.807) is 0 Å². The number of carbonyl (C=O) groups is 1. The molecule has 1 N–H and O–H groups in total. The molecular weight excluding hydrogens is 394 g/mol. The van der Waals surface area contributed by atoms with Crippen molar-refractivity contribution < 1.29 is 13.9 Å². The molecule has 0 spiro atoms.